The van der Waals surface area contributed by atoms with E-state index in [9.17, 15) is 5.11 Å². The number of rotatable bonds is 4. The van der Waals surface area contributed by atoms with Crippen molar-refractivity contribution in [3.63, 3.8) is 0 Å². The molecule has 0 amide bonds. The average Bonchev–Trinajstić information content (AvgIpc) is 2.38. The molecule has 3 heteroatoms. The van der Waals surface area contributed by atoms with Crippen LogP contribution in [-0.4, -0.2) is 35.7 Å². The molecule has 3 nitrogen and oxygen atoms in total. The minimum atomic E-state index is -0.0910. The predicted molar refractivity (Wildman–Crippen MR) is 74.4 cm³/mol. The Kier molecular flexibility index (Phi) is 4.75. The summed E-state index contributed by atoms with van der Waals surface area (Å²) in [5.41, 5.74) is 8.73. The third kappa shape index (κ3) is 3.80. The van der Waals surface area contributed by atoms with Crippen LogP contribution < -0.4 is 5.73 Å². The maximum absolute atomic E-state index is 9.46. The fourth-order valence-electron chi connectivity index (χ4n) is 2.53. The number of benzene rings is 1. The van der Waals surface area contributed by atoms with Crippen molar-refractivity contribution in [1.82, 2.24) is 4.90 Å². The Bertz CT molecular complexity index is 373. The van der Waals surface area contributed by atoms with Crippen LogP contribution in [0, 0.1) is 6.92 Å². The van der Waals surface area contributed by atoms with Crippen LogP contribution in [0.3, 0.4) is 0 Å². The summed E-state index contributed by atoms with van der Waals surface area (Å²) in [5, 5.41) is 9.46. The van der Waals surface area contributed by atoms with Gasteiger partial charge in [0.05, 0.1) is 6.10 Å². The fourth-order valence-corrected chi connectivity index (χ4v) is 2.53. The van der Waals surface area contributed by atoms with Crippen molar-refractivity contribution in [3.05, 3.63) is 35.4 Å². The Labute approximate surface area is 110 Å². The molecule has 100 valence electrons. The normalized spacial score (nSPS) is 19.9. The number of nitrogens with two attached hydrogens (primary N) is 1. The first-order valence-corrected chi connectivity index (χ1v) is 6.88. The standard InChI is InChI=1S/C15H24N2O/c1-12-3-2-4-13(11-12)15(16)7-10-17-8-5-14(18)6-9-17/h2-4,11,14-15,18H,5-10,16H2,1H3. The van der Waals surface area contributed by atoms with Gasteiger partial charge < -0.3 is 15.7 Å². The minimum absolute atomic E-state index is 0.0910. The highest BCUT2D eigenvalue weighted by Crippen LogP contribution is 2.17. The van der Waals surface area contributed by atoms with Gasteiger partial charge in [0, 0.05) is 19.1 Å². The summed E-state index contributed by atoms with van der Waals surface area (Å²) < 4.78 is 0. The molecule has 0 radical (unpaired) electrons. The van der Waals surface area contributed by atoms with Crippen LogP contribution in [0.4, 0.5) is 0 Å². The van der Waals surface area contributed by atoms with Gasteiger partial charge in [-0.15, -0.1) is 0 Å². The van der Waals surface area contributed by atoms with E-state index in [1.165, 1.54) is 11.1 Å². The molecule has 1 unspecified atom stereocenters. The third-order valence-corrected chi connectivity index (χ3v) is 3.78. The van der Waals surface area contributed by atoms with Crippen LogP contribution in [-0.2, 0) is 0 Å². The van der Waals surface area contributed by atoms with Crippen LogP contribution >= 0.6 is 0 Å². The van der Waals surface area contributed by atoms with Gasteiger partial charge in [-0.1, -0.05) is 29.8 Å². The van der Waals surface area contributed by atoms with Gasteiger partial charge in [0.1, 0.15) is 0 Å². The summed E-state index contributed by atoms with van der Waals surface area (Å²) in [6.45, 7) is 5.13. The average molecular weight is 248 g/mol. The summed E-state index contributed by atoms with van der Waals surface area (Å²) in [7, 11) is 0. The first-order valence-electron chi connectivity index (χ1n) is 6.88. The Hall–Kier alpha value is -0.900. The van der Waals surface area contributed by atoms with Gasteiger partial charge in [0.2, 0.25) is 0 Å². The van der Waals surface area contributed by atoms with Crippen LogP contribution in [0.25, 0.3) is 0 Å². The molecule has 1 aromatic rings. The molecule has 18 heavy (non-hydrogen) atoms. The van der Waals surface area contributed by atoms with Crippen LogP contribution in [0.2, 0.25) is 0 Å². The molecule has 1 saturated heterocycles. The summed E-state index contributed by atoms with van der Waals surface area (Å²) >= 11 is 0. The largest absolute Gasteiger partial charge is 0.393 e. The second-order valence-corrected chi connectivity index (χ2v) is 5.38. The van der Waals surface area contributed by atoms with Crippen molar-refractivity contribution in [2.24, 2.45) is 5.73 Å². The number of piperidine rings is 1. The van der Waals surface area contributed by atoms with Crippen molar-refractivity contribution in [3.8, 4) is 0 Å². The number of hydrogen-bond acceptors (Lipinski definition) is 3. The van der Waals surface area contributed by atoms with Crippen molar-refractivity contribution in [2.45, 2.75) is 38.3 Å². The van der Waals surface area contributed by atoms with Crippen LogP contribution in [0.15, 0.2) is 24.3 Å². The molecule has 0 bridgehead atoms. The Balaban J connectivity index is 1.79. The van der Waals surface area contributed by atoms with Crippen molar-refractivity contribution < 1.29 is 5.11 Å². The Morgan fingerprint density at radius 2 is 2.11 bits per heavy atom. The molecule has 2 rings (SSSR count). The van der Waals surface area contributed by atoms with E-state index in [1.54, 1.807) is 0 Å². The van der Waals surface area contributed by atoms with E-state index >= 15 is 0 Å². The summed E-state index contributed by atoms with van der Waals surface area (Å²) in [4.78, 5) is 2.41. The molecule has 1 fully saturated rings. The zero-order valence-electron chi connectivity index (χ0n) is 11.2. The fraction of sp³-hybridized carbons (Fsp3) is 0.600. The molecular weight excluding hydrogens is 224 g/mol. The van der Waals surface area contributed by atoms with Gasteiger partial charge in [0.15, 0.2) is 0 Å². The number of likely N-dealkylation sites (tertiary alicyclic amines) is 1. The van der Waals surface area contributed by atoms with Crippen molar-refractivity contribution in [1.29, 1.82) is 0 Å². The number of aryl methyl sites for hydroxylation is 1. The molecule has 1 atom stereocenters. The lowest BCUT2D eigenvalue weighted by Gasteiger charge is -2.30. The molecule has 1 aliphatic heterocycles. The van der Waals surface area contributed by atoms with E-state index in [4.69, 9.17) is 5.73 Å². The van der Waals surface area contributed by atoms with Gasteiger partial charge in [-0.2, -0.15) is 0 Å². The van der Waals surface area contributed by atoms with E-state index in [2.05, 4.69) is 36.1 Å². The molecule has 0 saturated carbocycles. The SMILES string of the molecule is Cc1cccc(C(N)CCN2CCC(O)CC2)c1. The first kappa shape index (κ1) is 13.5. The van der Waals surface area contributed by atoms with E-state index < -0.39 is 0 Å². The third-order valence-electron chi connectivity index (χ3n) is 3.78. The predicted octanol–water partition coefficient (Wildman–Crippen LogP) is 1.84. The number of aliphatic hydroxyl groups is 1. The van der Waals surface area contributed by atoms with Crippen molar-refractivity contribution >= 4 is 0 Å². The number of hydrogen-bond donors (Lipinski definition) is 2. The summed E-state index contributed by atoms with van der Waals surface area (Å²) in [6.07, 6.45) is 2.70. The van der Waals surface area contributed by atoms with E-state index in [-0.39, 0.29) is 12.1 Å². The van der Waals surface area contributed by atoms with Gasteiger partial charge in [0.25, 0.3) is 0 Å². The molecule has 0 aromatic heterocycles. The summed E-state index contributed by atoms with van der Waals surface area (Å²) in [5.74, 6) is 0. The van der Waals surface area contributed by atoms with E-state index in [0.717, 1.165) is 38.9 Å². The zero-order valence-corrected chi connectivity index (χ0v) is 11.2. The van der Waals surface area contributed by atoms with E-state index in [1.807, 2.05) is 0 Å². The highest BCUT2D eigenvalue weighted by molar-refractivity contribution is 5.24. The second kappa shape index (κ2) is 6.32. The quantitative estimate of drug-likeness (QED) is 0.855. The molecule has 1 aliphatic rings. The summed E-state index contributed by atoms with van der Waals surface area (Å²) in [6, 6.07) is 8.57. The Morgan fingerprint density at radius 3 is 2.78 bits per heavy atom. The molecule has 0 aliphatic carbocycles. The smallest absolute Gasteiger partial charge is 0.0564 e. The molecular formula is C15H24N2O. The molecule has 1 aromatic carbocycles. The van der Waals surface area contributed by atoms with Crippen molar-refractivity contribution in [2.75, 3.05) is 19.6 Å². The lowest BCUT2D eigenvalue weighted by molar-refractivity contribution is 0.0812. The minimum Gasteiger partial charge on any atom is -0.393 e. The van der Waals surface area contributed by atoms with Crippen LogP contribution in [0.5, 0.6) is 0 Å². The first-order chi connectivity index (χ1) is 8.65. The van der Waals surface area contributed by atoms with Crippen LogP contribution in [0.1, 0.15) is 36.4 Å². The molecule has 3 N–H and O–H groups in total. The van der Waals surface area contributed by atoms with Gasteiger partial charge in [-0.05, 0) is 38.3 Å². The van der Waals surface area contributed by atoms with Gasteiger partial charge in [-0.3, -0.25) is 0 Å². The number of nitrogens with zero attached hydrogens (tertiary/aromatic N) is 1. The number of aliphatic hydroxyl groups excluding tert-OH is 1. The van der Waals surface area contributed by atoms with Gasteiger partial charge >= 0.3 is 0 Å². The second-order valence-electron chi connectivity index (χ2n) is 5.38. The topological polar surface area (TPSA) is 49.5 Å². The monoisotopic (exact) mass is 248 g/mol. The lowest BCUT2D eigenvalue weighted by atomic mass is 10.0. The van der Waals surface area contributed by atoms with Gasteiger partial charge in [-0.25, -0.2) is 0 Å². The maximum atomic E-state index is 9.46. The zero-order chi connectivity index (χ0) is 13.0. The van der Waals surface area contributed by atoms with E-state index in [0.29, 0.717) is 0 Å². The maximum Gasteiger partial charge on any atom is 0.0564 e. The lowest BCUT2D eigenvalue weighted by Crippen LogP contribution is -2.37. The molecule has 0 spiro atoms. The Morgan fingerprint density at radius 1 is 1.39 bits per heavy atom. The highest BCUT2D eigenvalue weighted by Gasteiger charge is 2.17. The highest BCUT2D eigenvalue weighted by atomic mass is 16.3. The molecule has 1 heterocycles.